The number of nitrogens with zero attached hydrogens (tertiary/aromatic N) is 1. The maximum Gasteiger partial charge on any atom is 0.315 e. The molecule has 0 aliphatic heterocycles. The first-order chi connectivity index (χ1) is 10.2. The molecule has 0 saturated carbocycles. The Kier molecular flexibility index (Phi) is 4.61. The summed E-state index contributed by atoms with van der Waals surface area (Å²) >= 11 is 6.88. The number of ether oxygens (including phenoxy) is 1. The molecule has 0 radical (unpaired) electrons. The highest BCUT2D eigenvalue weighted by Crippen LogP contribution is 2.39. The van der Waals surface area contributed by atoms with E-state index in [0.717, 1.165) is 34.7 Å². The Morgan fingerprint density at radius 3 is 3.19 bits per heavy atom. The molecule has 2 aromatic rings. The number of nitrogens with one attached hydrogen (secondary N) is 1. The lowest BCUT2D eigenvalue weighted by molar-refractivity contribution is -0.145. The van der Waals surface area contributed by atoms with Crippen LogP contribution in [0.2, 0.25) is 0 Å². The molecule has 0 fully saturated rings. The summed E-state index contributed by atoms with van der Waals surface area (Å²) < 4.78 is 6.25. The number of esters is 1. The van der Waals surface area contributed by atoms with Gasteiger partial charge in [0.05, 0.1) is 18.8 Å². The summed E-state index contributed by atoms with van der Waals surface area (Å²) in [6.07, 6.45) is 1.74. The van der Waals surface area contributed by atoms with E-state index in [0.29, 0.717) is 6.61 Å². The summed E-state index contributed by atoms with van der Waals surface area (Å²) in [5, 5.41) is 6.28. The third-order valence-electron chi connectivity index (χ3n) is 3.38. The molecule has 0 bridgehead atoms. The van der Waals surface area contributed by atoms with Gasteiger partial charge in [-0.15, -0.1) is 22.7 Å². The van der Waals surface area contributed by atoms with Crippen molar-refractivity contribution in [3.8, 4) is 0 Å². The second-order valence-corrected chi connectivity index (χ2v) is 7.65. The predicted molar refractivity (Wildman–Crippen MR) is 89.2 cm³/mol. The Morgan fingerprint density at radius 2 is 2.48 bits per heavy atom. The zero-order chi connectivity index (χ0) is 14.8. The molecule has 2 heterocycles. The van der Waals surface area contributed by atoms with E-state index in [1.807, 2.05) is 13.0 Å². The van der Waals surface area contributed by atoms with Gasteiger partial charge in [0.15, 0.2) is 5.13 Å². The van der Waals surface area contributed by atoms with Gasteiger partial charge in [-0.3, -0.25) is 4.79 Å². The number of halogens is 1. The van der Waals surface area contributed by atoms with E-state index in [2.05, 4.69) is 31.6 Å². The third-order valence-corrected chi connectivity index (χ3v) is 6.40. The minimum absolute atomic E-state index is 0.144. The molecule has 4 nitrogen and oxygen atoms in total. The average Bonchev–Trinajstić information content (AvgIpc) is 3.11. The van der Waals surface area contributed by atoms with Gasteiger partial charge in [-0.2, -0.15) is 0 Å². The summed E-state index contributed by atoms with van der Waals surface area (Å²) in [5.74, 6) is -0.325. The van der Waals surface area contributed by atoms with Gasteiger partial charge < -0.3 is 10.1 Å². The molecular formula is C14H15BrN2O2S2. The van der Waals surface area contributed by atoms with Crippen LogP contribution in [0.15, 0.2) is 15.9 Å². The number of anilines is 1. The number of hydrogen-bond acceptors (Lipinski definition) is 6. The first-order valence-corrected chi connectivity index (χ1v) is 9.30. The highest BCUT2D eigenvalue weighted by molar-refractivity contribution is 9.10. The predicted octanol–water partition coefficient (Wildman–Crippen LogP) is 4.17. The molecule has 1 aliphatic rings. The van der Waals surface area contributed by atoms with Crippen molar-refractivity contribution in [2.24, 2.45) is 0 Å². The summed E-state index contributed by atoms with van der Waals surface area (Å²) in [7, 11) is 0. The molecule has 7 heteroatoms. The van der Waals surface area contributed by atoms with E-state index in [9.17, 15) is 4.79 Å². The summed E-state index contributed by atoms with van der Waals surface area (Å²) in [6, 6.07) is 2.04. The molecule has 1 atom stereocenters. The minimum Gasteiger partial charge on any atom is -0.465 e. The number of aromatic nitrogens is 1. The van der Waals surface area contributed by atoms with Crippen molar-refractivity contribution < 1.29 is 9.53 Å². The topological polar surface area (TPSA) is 51.2 Å². The Morgan fingerprint density at radius 1 is 1.62 bits per heavy atom. The highest BCUT2D eigenvalue weighted by Gasteiger charge is 2.33. The van der Waals surface area contributed by atoms with Gasteiger partial charge in [-0.1, -0.05) is 0 Å². The second kappa shape index (κ2) is 6.46. The number of thiazole rings is 1. The van der Waals surface area contributed by atoms with E-state index in [1.165, 1.54) is 9.75 Å². The monoisotopic (exact) mass is 386 g/mol. The summed E-state index contributed by atoms with van der Waals surface area (Å²) in [4.78, 5) is 19.0. The van der Waals surface area contributed by atoms with Crippen molar-refractivity contribution >= 4 is 49.7 Å². The molecule has 1 unspecified atom stereocenters. The van der Waals surface area contributed by atoms with Crippen LogP contribution in [0.1, 0.15) is 34.7 Å². The van der Waals surface area contributed by atoms with E-state index in [4.69, 9.17) is 4.74 Å². The second-order valence-electron chi connectivity index (χ2n) is 4.72. The number of fused-ring (bicyclic) bond motifs is 1. The lowest BCUT2D eigenvalue weighted by Gasteiger charge is -2.08. The zero-order valence-corrected chi connectivity index (χ0v) is 14.7. The van der Waals surface area contributed by atoms with Gasteiger partial charge in [0.25, 0.3) is 0 Å². The molecular weight excluding hydrogens is 372 g/mol. The van der Waals surface area contributed by atoms with Gasteiger partial charge in [0.1, 0.15) is 5.92 Å². The SMILES string of the molecule is CCOC(=O)C1CCc2sc(NCc3sccc3Br)nc21. The van der Waals surface area contributed by atoms with Crippen molar-refractivity contribution in [3.63, 3.8) is 0 Å². The van der Waals surface area contributed by atoms with E-state index >= 15 is 0 Å². The number of hydrogen-bond donors (Lipinski definition) is 1. The Bertz CT molecular complexity index is 653. The number of carbonyl (C=O) groups is 1. The molecule has 1 N–H and O–H groups in total. The maximum atomic E-state index is 11.9. The van der Waals surface area contributed by atoms with Crippen LogP contribution in [-0.4, -0.2) is 17.6 Å². The fourth-order valence-corrected chi connectivity index (χ4v) is 4.85. The molecule has 0 spiro atoms. The van der Waals surface area contributed by atoms with Crippen LogP contribution in [-0.2, 0) is 22.5 Å². The smallest absolute Gasteiger partial charge is 0.315 e. The Labute approximate surface area is 139 Å². The van der Waals surface area contributed by atoms with Crippen molar-refractivity contribution in [1.82, 2.24) is 4.98 Å². The fraction of sp³-hybridized carbons (Fsp3) is 0.429. The molecule has 0 amide bonds. The molecule has 21 heavy (non-hydrogen) atoms. The summed E-state index contributed by atoms with van der Waals surface area (Å²) in [5.41, 5.74) is 0.909. The minimum atomic E-state index is -0.180. The average molecular weight is 387 g/mol. The van der Waals surface area contributed by atoms with E-state index < -0.39 is 0 Å². The van der Waals surface area contributed by atoms with Crippen molar-refractivity contribution in [2.75, 3.05) is 11.9 Å². The van der Waals surface area contributed by atoms with E-state index in [1.54, 1.807) is 22.7 Å². The van der Waals surface area contributed by atoms with Crippen molar-refractivity contribution in [2.45, 2.75) is 32.2 Å². The van der Waals surface area contributed by atoms with Crippen LogP contribution in [0.4, 0.5) is 5.13 Å². The van der Waals surface area contributed by atoms with Gasteiger partial charge in [0, 0.05) is 14.2 Å². The van der Waals surface area contributed by atoms with Crippen LogP contribution in [0.25, 0.3) is 0 Å². The first kappa shape index (κ1) is 15.0. The number of carbonyl (C=O) groups excluding carboxylic acids is 1. The van der Waals surface area contributed by atoms with E-state index in [-0.39, 0.29) is 11.9 Å². The lowest BCUT2D eigenvalue weighted by Crippen LogP contribution is -2.14. The van der Waals surface area contributed by atoms with Crippen molar-refractivity contribution in [3.05, 3.63) is 31.4 Å². The standard InChI is InChI=1S/C14H15BrN2O2S2/c1-2-19-13(18)8-3-4-10-12(8)17-14(21-10)16-7-11-9(15)5-6-20-11/h5-6,8H,2-4,7H2,1H3,(H,16,17). The van der Waals surface area contributed by atoms with Gasteiger partial charge >= 0.3 is 5.97 Å². The molecule has 0 aromatic carbocycles. The largest absolute Gasteiger partial charge is 0.465 e. The number of rotatable bonds is 5. The van der Waals surface area contributed by atoms with Crippen LogP contribution >= 0.6 is 38.6 Å². The van der Waals surface area contributed by atoms with Crippen LogP contribution in [0.3, 0.4) is 0 Å². The third kappa shape index (κ3) is 3.14. The number of thiophene rings is 1. The Hall–Kier alpha value is -0.920. The van der Waals surface area contributed by atoms with Gasteiger partial charge in [-0.25, -0.2) is 4.98 Å². The normalized spacial score (nSPS) is 16.8. The number of aryl methyl sites for hydroxylation is 1. The van der Waals surface area contributed by atoms with Crippen LogP contribution < -0.4 is 5.32 Å². The highest BCUT2D eigenvalue weighted by atomic mass is 79.9. The lowest BCUT2D eigenvalue weighted by atomic mass is 10.1. The molecule has 1 aliphatic carbocycles. The summed E-state index contributed by atoms with van der Waals surface area (Å²) in [6.45, 7) is 3.00. The Balaban J connectivity index is 1.69. The van der Waals surface area contributed by atoms with Gasteiger partial charge in [0.2, 0.25) is 0 Å². The van der Waals surface area contributed by atoms with Gasteiger partial charge in [-0.05, 0) is 47.1 Å². The maximum absolute atomic E-state index is 11.9. The quantitative estimate of drug-likeness (QED) is 0.783. The van der Waals surface area contributed by atoms with Crippen LogP contribution in [0, 0.1) is 0 Å². The molecule has 0 saturated heterocycles. The molecule has 112 valence electrons. The van der Waals surface area contributed by atoms with Crippen LogP contribution in [0.5, 0.6) is 0 Å². The molecule has 2 aromatic heterocycles. The zero-order valence-electron chi connectivity index (χ0n) is 11.5. The fourth-order valence-electron chi connectivity index (χ4n) is 2.38. The molecule has 3 rings (SSSR count). The van der Waals surface area contributed by atoms with Crippen molar-refractivity contribution in [1.29, 1.82) is 0 Å². The first-order valence-electron chi connectivity index (χ1n) is 6.81.